The largest absolute Gasteiger partial charge is 0.507 e. The maximum Gasteiger partial charge on any atom is 0.332 e. The maximum absolute atomic E-state index is 10.4. The van der Waals surface area contributed by atoms with Crippen LogP contribution in [0.1, 0.15) is 5.56 Å². The van der Waals surface area contributed by atoms with Crippen molar-refractivity contribution in [2.24, 2.45) is 0 Å². The molecule has 0 amide bonds. The summed E-state index contributed by atoms with van der Waals surface area (Å²) in [6.07, 6.45) is -1.53. The van der Waals surface area contributed by atoms with Crippen LogP contribution in [-0.2, 0) is 11.2 Å². The van der Waals surface area contributed by atoms with Crippen LogP contribution in [0.15, 0.2) is 21.1 Å². The van der Waals surface area contributed by atoms with E-state index in [9.17, 15) is 9.90 Å². The number of aliphatic hydroxyl groups excluding tert-OH is 1. The zero-order chi connectivity index (χ0) is 11.6. The summed E-state index contributed by atoms with van der Waals surface area (Å²) < 4.78 is 1.13. The first-order chi connectivity index (χ1) is 6.91. The summed E-state index contributed by atoms with van der Waals surface area (Å²) in [6, 6.07) is 3.00. The number of aromatic hydroxyl groups is 1. The normalized spacial score (nSPS) is 12.5. The third-order valence-corrected chi connectivity index (χ3v) is 3.19. The van der Waals surface area contributed by atoms with Crippen molar-refractivity contribution < 1.29 is 20.1 Å². The Morgan fingerprint density at radius 2 is 1.93 bits per heavy atom. The van der Waals surface area contributed by atoms with E-state index in [0.29, 0.717) is 14.5 Å². The second-order valence-corrected chi connectivity index (χ2v) is 4.66. The van der Waals surface area contributed by atoms with Gasteiger partial charge in [-0.15, -0.1) is 0 Å². The fraction of sp³-hybridized carbons (Fsp3) is 0.222. The molecule has 6 heteroatoms. The van der Waals surface area contributed by atoms with Gasteiger partial charge in [-0.25, -0.2) is 4.79 Å². The molecule has 3 N–H and O–H groups in total. The van der Waals surface area contributed by atoms with E-state index in [1.807, 2.05) is 0 Å². The van der Waals surface area contributed by atoms with Gasteiger partial charge in [-0.1, -0.05) is 15.9 Å². The lowest BCUT2D eigenvalue weighted by molar-refractivity contribution is -0.146. The number of phenolic OH excluding ortho intramolecular Hbond substituents is 1. The number of phenols is 1. The smallest absolute Gasteiger partial charge is 0.332 e. The van der Waals surface area contributed by atoms with Crippen LogP contribution in [0.5, 0.6) is 5.75 Å². The first-order valence-electron chi connectivity index (χ1n) is 3.99. The number of hydrogen-bond acceptors (Lipinski definition) is 3. The van der Waals surface area contributed by atoms with E-state index in [-0.39, 0.29) is 12.2 Å². The highest BCUT2D eigenvalue weighted by molar-refractivity contribution is 9.11. The molecule has 0 radical (unpaired) electrons. The molecule has 82 valence electrons. The third kappa shape index (κ3) is 3.19. The molecule has 1 unspecified atom stereocenters. The van der Waals surface area contributed by atoms with Gasteiger partial charge in [-0.3, -0.25) is 0 Å². The Labute approximate surface area is 103 Å². The van der Waals surface area contributed by atoms with E-state index in [1.165, 1.54) is 6.07 Å². The number of carbonyl (C=O) groups is 1. The van der Waals surface area contributed by atoms with Gasteiger partial charge in [-0.2, -0.15) is 0 Å². The van der Waals surface area contributed by atoms with Gasteiger partial charge in [0.2, 0.25) is 0 Å². The zero-order valence-electron chi connectivity index (χ0n) is 7.44. The van der Waals surface area contributed by atoms with Crippen LogP contribution in [0.25, 0.3) is 0 Å². The molecule has 0 saturated heterocycles. The molecular formula is C9H8Br2O4. The van der Waals surface area contributed by atoms with Crippen LogP contribution in [0.4, 0.5) is 0 Å². The van der Waals surface area contributed by atoms with Crippen molar-refractivity contribution in [3.63, 3.8) is 0 Å². The topological polar surface area (TPSA) is 77.8 Å². The van der Waals surface area contributed by atoms with Gasteiger partial charge in [0, 0.05) is 10.9 Å². The number of halogens is 2. The number of aliphatic hydroxyl groups is 1. The summed E-state index contributed by atoms with van der Waals surface area (Å²) in [4.78, 5) is 10.4. The zero-order valence-corrected chi connectivity index (χ0v) is 10.6. The molecule has 0 spiro atoms. The summed E-state index contributed by atoms with van der Waals surface area (Å²) >= 11 is 6.33. The number of aliphatic carboxylic acids is 1. The summed E-state index contributed by atoms with van der Waals surface area (Å²) in [6.45, 7) is 0. The summed E-state index contributed by atoms with van der Waals surface area (Å²) in [7, 11) is 0. The number of carboxylic acids is 1. The monoisotopic (exact) mass is 338 g/mol. The van der Waals surface area contributed by atoms with E-state index in [1.54, 1.807) is 6.07 Å². The second-order valence-electron chi connectivity index (χ2n) is 2.95. The molecule has 4 nitrogen and oxygen atoms in total. The number of rotatable bonds is 3. The van der Waals surface area contributed by atoms with Crippen molar-refractivity contribution in [1.29, 1.82) is 0 Å². The van der Waals surface area contributed by atoms with Crippen LogP contribution in [0, 0.1) is 0 Å². The Balaban J connectivity index is 2.95. The Bertz CT molecular complexity index is 392. The van der Waals surface area contributed by atoms with Gasteiger partial charge < -0.3 is 15.3 Å². The SMILES string of the molecule is O=C(O)C(O)Cc1cc(O)c(Br)cc1Br. The van der Waals surface area contributed by atoms with E-state index in [2.05, 4.69) is 31.9 Å². The van der Waals surface area contributed by atoms with Gasteiger partial charge in [0.05, 0.1) is 4.47 Å². The summed E-state index contributed by atoms with van der Waals surface area (Å²) in [5.41, 5.74) is 0.533. The van der Waals surface area contributed by atoms with Gasteiger partial charge in [0.1, 0.15) is 5.75 Å². The third-order valence-electron chi connectivity index (χ3n) is 1.81. The van der Waals surface area contributed by atoms with E-state index in [4.69, 9.17) is 10.2 Å². The summed E-state index contributed by atoms with van der Waals surface area (Å²) in [5.74, 6) is -1.28. The lowest BCUT2D eigenvalue weighted by Crippen LogP contribution is -2.22. The molecule has 1 aromatic rings. The van der Waals surface area contributed by atoms with Crippen LogP contribution in [0.2, 0.25) is 0 Å². The molecule has 0 aromatic heterocycles. The molecule has 0 aliphatic carbocycles. The number of carboxylic acid groups (broad SMARTS) is 1. The summed E-state index contributed by atoms with van der Waals surface area (Å²) in [5, 5.41) is 27.1. The highest BCUT2D eigenvalue weighted by Crippen LogP contribution is 2.31. The molecule has 15 heavy (non-hydrogen) atoms. The molecular weight excluding hydrogens is 332 g/mol. The van der Waals surface area contributed by atoms with Crippen LogP contribution in [-0.4, -0.2) is 27.4 Å². The van der Waals surface area contributed by atoms with Crippen molar-refractivity contribution in [3.8, 4) is 5.75 Å². The van der Waals surface area contributed by atoms with E-state index in [0.717, 1.165) is 0 Å². The predicted octanol–water partition coefficient (Wildman–Crippen LogP) is 1.91. The average molecular weight is 340 g/mol. The molecule has 0 saturated carbocycles. The minimum absolute atomic E-state index is 0.00536. The van der Waals surface area contributed by atoms with Crippen molar-refractivity contribution in [3.05, 3.63) is 26.6 Å². The van der Waals surface area contributed by atoms with Crippen molar-refractivity contribution in [1.82, 2.24) is 0 Å². The Morgan fingerprint density at radius 1 is 1.33 bits per heavy atom. The minimum Gasteiger partial charge on any atom is -0.507 e. The molecule has 0 bridgehead atoms. The highest BCUT2D eigenvalue weighted by Gasteiger charge is 2.16. The maximum atomic E-state index is 10.4. The molecule has 0 heterocycles. The molecule has 1 atom stereocenters. The minimum atomic E-state index is -1.47. The average Bonchev–Trinajstić information content (AvgIpc) is 2.13. The van der Waals surface area contributed by atoms with E-state index >= 15 is 0 Å². The van der Waals surface area contributed by atoms with Crippen molar-refractivity contribution in [2.75, 3.05) is 0 Å². The van der Waals surface area contributed by atoms with Gasteiger partial charge in [0.25, 0.3) is 0 Å². The Hall–Kier alpha value is -0.590. The first-order valence-corrected chi connectivity index (χ1v) is 5.58. The Morgan fingerprint density at radius 3 is 2.47 bits per heavy atom. The van der Waals surface area contributed by atoms with Gasteiger partial charge in [-0.05, 0) is 33.6 Å². The van der Waals surface area contributed by atoms with Crippen molar-refractivity contribution >= 4 is 37.8 Å². The fourth-order valence-corrected chi connectivity index (χ4v) is 2.19. The molecule has 0 aliphatic heterocycles. The molecule has 1 rings (SSSR count). The van der Waals surface area contributed by atoms with Crippen LogP contribution in [0.3, 0.4) is 0 Å². The lowest BCUT2D eigenvalue weighted by Gasteiger charge is -2.09. The standard InChI is InChI=1S/C9H8Br2O4/c10-5-3-6(11)7(12)1-4(5)2-8(13)9(14)15/h1,3,8,12-13H,2H2,(H,14,15). The first kappa shape index (κ1) is 12.5. The number of benzene rings is 1. The van der Waals surface area contributed by atoms with Gasteiger partial charge >= 0.3 is 5.97 Å². The quantitative estimate of drug-likeness (QED) is 0.786. The molecule has 0 aliphatic rings. The van der Waals surface area contributed by atoms with Crippen LogP contribution < -0.4 is 0 Å². The van der Waals surface area contributed by atoms with Crippen LogP contribution >= 0.6 is 31.9 Å². The molecule has 1 aromatic carbocycles. The number of hydrogen-bond donors (Lipinski definition) is 3. The highest BCUT2D eigenvalue weighted by atomic mass is 79.9. The fourth-order valence-electron chi connectivity index (χ4n) is 1.03. The van der Waals surface area contributed by atoms with Gasteiger partial charge in [0.15, 0.2) is 6.10 Å². The predicted molar refractivity (Wildman–Crippen MR) is 60.9 cm³/mol. The van der Waals surface area contributed by atoms with E-state index < -0.39 is 12.1 Å². The molecule has 0 fully saturated rings. The second kappa shape index (κ2) is 4.96. The Kier molecular flexibility index (Phi) is 4.12. The lowest BCUT2D eigenvalue weighted by atomic mass is 10.1. The van der Waals surface area contributed by atoms with Crippen molar-refractivity contribution in [2.45, 2.75) is 12.5 Å².